The number of amides is 1. The highest BCUT2D eigenvalue weighted by Crippen LogP contribution is 2.45. The predicted octanol–water partition coefficient (Wildman–Crippen LogP) is 4.82. The standard InChI is InChI=1S/C30H31N3O5S/c1-3-14-37-29(35)27-21(2)31-30-33(24(20-39-30)18-26(34)32-12-15-36-16-13-32)28(27)23-10-7-11-25(17-23)38-19-22-8-5-4-6-9-22/h3-11,17,20,28H,1,12-16,18-19H2,2H3. The largest absolute Gasteiger partial charge is 0.489 e. The van der Waals surface area contributed by atoms with Crippen LogP contribution < -0.4 is 4.74 Å². The number of thioether (sulfide) groups is 1. The molecule has 0 saturated carbocycles. The molecule has 0 N–H and O–H groups in total. The van der Waals surface area contributed by atoms with Gasteiger partial charge in [-0.15, -0.1) is 0 Å². The summed E-state index contributed by atoms with van der Waals surface area (Å²) in [7, 11) is 0. The molecule has 0 aromatic heterocycles. The zero-order chi connectivity index (χ0) is 27.2. The van der Waals surface area contributed by atoms with E-state index in [0.717, 1.165) is 22.0 Å². The smallest absolute Gasteiger partial charge is 0.338 e. The maximum atomic E-state index is 13.3. The summed E-state index contributed by atoms with van der Waals surface area (Å²) >= 11 is 1.45. The number of carbonyl (C=O) groups is 2. The van der Waals surface area contributed by atoms with E-state index in [1.807, 2.05) is 76.7 Å². The molecule has 0 aliphatic carbocycles. The Bertz CT molecular complexity index is 1330. The van der Waals surface area contributed by atoms with Crippen LogP contribution >= 0.6 is 11.8 Å². The number of carbonyl (C=O) groups excluding carboxylic acids is 2. The van der Waals surface area contributed by atoms with Crippen LogP contribution in [-0.2, 0) is 25.7 Å². The zero-order valence-electron chi connectivity index (χ0n) is 21.9. The quantitative estimate of drug-likeness (QED) is 0.330. The zero-order valence-corrected chi connectivity index (χ0v) is 22.7. The van der Waals surface area contributed by atoms with Crippen LogP contribution in [-0.4, -0.2) is 59.8 Å². The molecule has 1 atom stereocenters. The second-order valence-corrected chi connectivity index (χ2v) is 10.1. The van der Waals surface area contributed by atoms with Gasteiger partial charge in [0.15, 0.2) is 5.17 Å². The Hall–Kier alpha value is -3.82. The summed E-state index contributed by atoms with van der Waals surface area (Å²) in [6.07, 6.45) is 1.73. The molecule has 39 heavy (non-hydrogen) atoms. The van der Waals surface area contributed by atoms with Gasteiger partial charge in [0.2, 0.25) is 5.91 Å². The molecule has 0 spiro atoms. The van der Waals surface area contributed by atoms with E-state index < -0.39 is 12.0 Å². The van der Waals surface area contributed by atoms with Crippen LogP contribution in [0.25, 0.3) is 0 Å². The molecule has 3 aliphatic heterocycles. The van der Waals surface area contributed by atoms with Gasteiger partial charge in [0.05, 0.1) is 36.9 Å². The normalized spacial score (nSPS) is 18.7. The van der Waals surface area contributed by atoms with Crippen molar-refractivity contribution in [2.45, 2.75) is 26.0 Å². The van der Waals surface area contributed by atoms with Crippen LogP contribution in [0.5, 0.6) is 5.75 Å². The number of aliphatic imine (C=N–C) groups is 1. The number of rotatable bonds is 9. The molecule has 1 amide bonds. The number of nitrogens with zero attached hydrogens (tertiary/aromatic N) is 3. The third kappa shape index (κ3) is 6.10. The van der Waals surface area contributed by atoms with Crippen molar-refractivity contribution >= 4 is 28.8 Å². The van der Waals surface area contributed by atoms with Crippen LogP contribution in [0.15, 0.2) is 94.6 Å². The lowest BCUT2D eigenvalue weighted by Crippen LogP contribution is -2.42. The minimum Gasteiger partial charge on any atom is -0.489 e. The van der Waals surface area contributed by atoms with Gasteiger partial charge in [0, 0.05) is 18.8 Å². The number of amidine groups is 1. The van der Waals surface area contributed by atoms with Crippen molar-refractivity contribution in [1.29, 1.82) is 0 Å². The second kappa shape index (κ2) is 12.4. The molecule has 1 unspecified atom stereocenters. The highest BCUT2D eigenvalue weighted by molar-refractivity contribution is 8.16. The Labute approximate surface area is 232 Å². The first-order valence-corrected chi connectivity index (χ1v) is 13.8. The molecule has 0 radical (unpaired) electrons. The van der Waals surface area contributed by atoms with Gasteiger partial charge >= 0.3 is 5.97 Å². The SMILES string of the molecule is C=CCOC(=O)C1=C(C)N=C2SC=C(CC(=O)N3CCOCC3)N2C1c1cccc(OCc2ccccc2)c1. The van der Waals surface area contributed by atoms with Crippen LogP contribution in [0, 0.1) is 0 Å². The molecular weight excluding hydrogens is 514 g/mol. The highest BCUT2D eigenvalue weighted by Gasteiger charge is 2.41. The molecule has 0 bridgehead atoms. The summed E-state index contributed by atoms with van der Waals surface area (Å²) in [5.74, 6) is 0.234. The van der Waals surface area contributed by atoms with Gasteiger partial charge in [-0.25, -0.2) is 9.79 Å². The molecule has 1 fully saturated rings. The molecule has 3 aliphatic rings. The van der Waals surface area contributed by atoms with Gasteiger partial charge in [-0.05, 0) is 35.6 Å². The first kappa shape index (κ1) is 26.8. The van der Waals surface area contributed by atoms with Crippen LogP contribution in [0.4, 0.5) is 0 Å². The Balaban J connectivity index is 1.46. The topological polar surface area (TPSA) is 80.7 Å². The van der Waals surface area contributed by atoms with Crippen molar-refractivity contribution in [1.82, 2.24) is 9.80 Å². The number of benzene rings is 2. The first-order chi connectivity index (χ1) is 19.0. The summed E-state index contributed by atoms with van der Waals surface area (Å²) in [6.45, 7) is 8.20. The van der Waals surface area contributed by atoms with Crippen LogP contribution in [0.1, 0.15) is 30.5 Å². The second-order valence-electron chi connectivity index (χ2n) is 9.30. The third-order valence-corrected chi connectivity index (χ3v) is 7.56. The molecule has 2 aromatic carbocycles. The molecule has 9 heteroatoms. The van der Waals surface area contributed by atoms with Crippen LogP contribution in [0.2, 0.25) is 0 Å². The summed E-state index contributed by atoms with van der Waals surface area (Å²) in [5, 5.41) is 2.67. The van der Waals surface area contributed by atoms with Crippen molar-refractivity contribution in [2.24, 2.45) is 4.99 Å². The first-order valence-electron chi connectivity index (χ1n) is 12.9. The van der Waals surface area contributed by atoms with Gasteiger partial charge in [-0.2, -0.15) is 0 Å². The molecule has 202 valence electrons. The molecule has 3 heterocycles. The average molecular weight is 546 g/mol. The average Bonchev–Trinajstić information content (AvgIpc) is 3.36. The Morgan fingerprint density at radius 2 is 1.95 bits per heavy atom. The lowest BCUT2D eigenvalue weighted by atomic mass is 9.93. The van der Waals surface area contributed by atoms with Crippen LogP contribution in [0.3, 0.4) is 0 Å². The predicted molar refractivity (Wildman–Crippen MR) is 151 cm³/mol. The van der Waals surface area contributed by atoms with Gasteiger partial charge in [-0.1, -0.05) is 66.9 Å². The Morgan fingerprint density at radius 3 is 2.72 bits per heavy atom. The number of ether oxygens (including phenoxy) is 3. The van der Waals surface area contributed by atoms with E-state index in [2.05, 4.69) is 6.58 Å². The number of esters is 1. The Morgan fingerprint density at radius 1 is 1.15 bits per heavy atom. The number of morpholine rings is 1. The monoisotopic (exact) mass is 545 g/mol. The maximum Gasteiger partial charge on any atom is 0.338 e. The van der Waals surface area contributed by atoms with Crippen molar-refractivity contribution in [3.05, 3.63) is 101 Å². The molecule has 8 nitrogen and oxygen atoms in total. The van der Waals surface area contributed by atoms with Crippen molar-refractivity contribution in [3.63, 3.8) is 0 Å². The van der Waals surface area contributed by atoms with E-state index in [0.29, 0.717) is 49.9 Å². The molecular formula is C30H31N3O5S. The molecule has 2 aromatic rings. The van der Waals surface area contributed by atoms with Crippen molar-refractivity contribution < 1.29 is 23.8 Å². The summed E-state index contributed by atoms with van der Waals surface area (Å²) in [4.78, 5) is 35.1. The summed E-state index contributed by atoms with van der Waals surface area (Å²) < 4.78 is 17.0. The number of allylic oxidation sites excluding steroid dienone is 1. The van der Waals surface area contributed by atoms with E-state index in [-0.39, 0.29) is 18.9 Å². The summed E-state index contributed by atoms with van der Waals surface area (Å²) in [5.41, 5.74) is 3.69. The van der Waals surface area contributed by atoms with E-state index >= 15 is 0 Å². The van der Waals surface area contributed by atoms with Crippen molar-refractivity contribution in [2.75, 3.05) is 32.9 Å². The number of hydrogen-bond acceptors (Lipinski definition) is 8. The van der Waals surface area contributed by atoms with E-state index in [1.54, 1.807) is 0 Å². The van der Waals surface area contributed by atoms with Gasteiger partial charge < -0.3 is 24.0 Å². The fourth-order valence-corrected chi connectivity index (χ4v) is 5.72. The molecule has 5 rings (SSSR count). The lowest BCUT2D eigenvalue weighted by Gasteiger charge is -2.37. The van der Waals surface area contributed by atoms with Crippen molar-refractivity contribution in [3.8, 4) is 5.75 Å². The Kier molecular flexibility index (Phi) is 8.48. The summed E-state index contributed by atoms with van der Waals surface area (Å²) in [6, 6.07) is 17.1. The fourth-order valence-electron chi connectivity index (χ4n) is 4.75. The minimum absolute atomic E-state index is 0.0205. The number of fused-ring (bicyclic) bond motifs is 1. The fraction of sp³-hybridized carbons (Fsp3) is 0.300. The lowest BCUT2D eigenvalue weighted by molar-refractivity contribution is -0.138. The number of hydrogen-bond donors (Lipinski definition) is 0. The van der Waals surface area contributed by atoms with E-state index in [1.165, 1.54) is 17.8 Å². The van der Waals surface area contributed by atoms with Gasteiger partial charge in [0.1, 0.15) is 19.0 Å². The minimum atomic E-state index is -0.533. The molecule has 1 saturated heterocycles. The van der Waals surface area contributed by atoms with E-state index in [4.69, 9.17) is 19.2 Å². The van der Waals surface area contributed by atoms with Gasteiger partial charge in [0.25, 0.3) is 0 Å². The highest BCUT2D eigenvalue weighted by atomic mass is 32.2. The van der Waals surface area contributed by atoms with E-state index in [9.17, 15) is 9.59 Å². The third-order valence-electron chi connectivity index (χ3n) is 6.67. The van der Waals surface area contributed by atoms with Gasteiger partial charge in [-0.3, -0.25) is 4.79 Å². The maximum absolute atomic E-state index is 13.3.